The van der Waals surface area contributed by atoms with E-state index in [4.69, 9.17) is 5.73 Å². The fraction of sp³-hybridized carbons (Fsp3) is 0.130. The van der Waals surface area contributed by atoms with Crippen molar-refractivity contribution in [3.63, 3.8) is 0 Å². The van der Waals surface area contributed by atoms with Crippen molar-refractivity contribution in [1.82, 2.24) is 5.32 Å². The Bertz CT molecular complexity index is 1000. The molecule has 2 amide bonds. The summed E-state index contributed by atoms with van der Waals surface area (Å²) in [5.74, 6) is -1.18. The number of carbonyl (C=O) groups is 2. The number of hydrogen-bond acceptors (Lipinski definition) is 2. The highest BCUT2D eigenvalue weighted by Gasteiger charge is 2.34. The molecule has 4 nitrogen and oxygen atoms in total. The maximum Gasteiger partial charge on any atom is 0.240 e. The first kappa shape index (κ1) is 18.7. The third-order valence-electron chi connectivity index (χ3n) is 5.11. The molecule has 1 aliphatic rings. The lowest BCUT2D eigenvalue weighted by molar-refractivity contribution is -0.127. The van der Waals surface area contributed by atoms with Crippen molar-refractivity contribution < 1.29 is 9.59 Å². The molecule has 140 valence electrons. The van der Waals surface area contributed by atoms with Crippen LogP contribution in [0.15, 0.2) is 72.8 Å². The molecule has 0 heterocycles. The van der Waals surface area contributed by atoms with Gasteiger partial charge < -0.3 is 11.1 Å². The van der Waals surface area contributed by atoms with E-state index >= 15 is 0 Å². The first-order valence-corrected chi connectivity index (χ1v) is 10.1. The van der Waals surface area contributed by atoms with Crippen LogP contribution in [0, 0.1) is 3.57 Å². The Kier molecular flexibility index (Phi) is 5.17. The largest absolute Gasteiger partial charge is 0.368 e. The lowest BCUT2D eigenvalue weighted by Gasteiger charge is -2.20. The van der Waals surface area contributed by atoms with Gasteiger partial charge in [0.25, 0.3) is 0 Å². The number of fused-ring (bicyclic) bond motifs is 3. The number of primary amides is 1. The third kappa shape index (κ3) is 3.54. The normalized spacial score (nSPS) is 13.5. The maximum absolute atomic E-state index is 13.2. The van der Waals surface area contributed by atoms with Crippen LogP contribution in [0.2, 0.25) is 0 Å². The highest BCUT2D eigenvalue weighted by atomic mass is 127. The quantitative estimate of drug-likeness (QED) is 0.546. The van der Waals surface area contributed by atoms with Crippen LogP contribution >= 0.6 is 22.6 Å². The lowest BCUT2D eigenvalue weighted by Crippen LogP contribution is -2.47. The summed E-state index contributed by atoms with van der Waals surface area (Å²) in [7, 11) is 0. The van der Waals surface area contributed by atoms with Gasteiger partial charge in [0.15, 0.2) is 0 Å². The van der Waals surface area contributed by atoms with Crippen LogP contribution < -0.4 is 11.1 Å². The third-order valence-corrected chi connectivity index (χ3v) is 5.83. The highest BCUT2D eigenvalue weighted by molar-refractivity contribution is 14.1. The summed E-state index contributed by atoms with van der Waals surface area (Å²) in [5, 5.41) is 2.89. The van der Waals surface area contributed by atoms with Gasteiger partial charge >= 0.3 is 0 Å². The van der Waals surface area contributed by atoms with E-state index in [0.29, 0.717) is 6.42 Å². The van der Waals surface area contributed by atoms with Crippen LogP contribution in [0.4, 0.5) is 0 Å². The average Bonchev–Trinajstić information content (AvgIpc) is 3.03. The molecule has 1 atom stereocenters. The zero-order chi connectivity index (χ0) is 19.7. The van der Waals surface area contributed by atoms with E-state index in [1.165, 1.54) is 0 Å². The Hall–Kier alpha value is -2.67. The van der Waals surface area contributed by atoms with E-state index in [1.54, 1.807) is 0 Å². The smallest absolute Gasteiger partial charge is 0.240 e. The number of benzene rings is 3. The summed E-state index contributed by atoms with van der Waals surface area (Å²) in [5.41, 5.74) is 10.6. The standard InChI is InChI=1S/C23H19IN2O2/c24-15-11-9-14(10-12-15)13-20(22(25)27)26-23(28)21-18-7-3-1-5-16(18)17-6-2-4-8-19(17)21/h1-12,20-21H,13H2,(H2,25,27)(H,26,28)/t20-/m1/s1. The molecule has 3 N–H and O–H groups in total. The summed E-state index contributed by atoms with van der Waals surface area (Å²) in [6.45, 7) is 0. The summed E-state index contributed by atoms with van der Waals surface area (Å²) in [6.07, 6.45) is 0.369. The highest BCUT2D eigenvalue weighted by Crippen LogP contribution is 2.44. The first-order valence-electron chi connectivity index (χ1n) is 9.07. The topological polar surface area (TPSA) is 72.2 Å². The van der Waals surface area contributed by atoms with E-state index in [1.807, 2.05) is 72.8 Å². The SMILES string of the molecule is NC(=O)[C@@H](Cc1ccc(I)cc1)NC(=O)C1c2ccccc2-c2ccccc21. The van der Waals surface area contributed by atoms with Crippen molar-refractivity contribution in [2.75, 3.05) is 0 Å². The van der Waals surface area contributed by atoms with Crippen LogP contribution in [0.25, 0.3) is 11.1 Å². The molecule has 1 aliphatic carbocycles. The van der Waals surface area contributed by atoms with Crippen molar-refractivity contribution in [1.29, 1.82) is 0 Å². The summed E-state index contributed by atoms with van der Waals surface area (Å²) in [6, 6.07) is 22.9. The van der Waals surface area contributed by atoms with Crippen molar-refractivity contribution >= 4 is 34.4 Å². The van der Waals surface area contributed by atoms with Gasteiger partial charge in [-0.1, -0.05) is 60.7 Å². The van der Waals surface area contributed by atoms with Crippen LogP contribution in [0.5, 0.6) is 0 Å². The van der Waals surface area contributed by atoms with Gasteiger partial charge in [0.2, 0.25) is 11.8 Å². The van der Waals surface area contributed by atoms with E-state index in [-0.39, 0.29) is 5.91 Å². The average molecular weight is 482 g/mol. The van der Waals surface area contributed by atoms with E-state index in [0.717, 1.165) is 31.4 Å². The molecule has 0 fully saturated rings. The van der Waals surface area contributed by atoms with Crippen molar-refractivity contribution in [3.05, 3.63) is 93.1 Å². The molecule has 3 aromatic rings. The van der Waals surface area contributed by atoms with Gasteiger partial charge in [-0.2, -0.15) is 0 Å². The molecule has 4 rings (SSSR count). The Balaban J connectivity index is 1.61. The molecular formula is C23H19IN2O2. The van der Waals surface area contributed by atoms with Crippen molar-refractivity contribution in [2.45, 2.75) is 18.4 Å². The lowest BCUT2D eigenvalue weighted by atomic mass is 9.95. The minimum atomic E-state index is -0.757. The fourth-order valence-electron chi connectivity index (χ4n) is 3.77. The van der Waals surface area contributed by atoms with Gasteiger partial charge in [-0.25, -0.2) is 0 Å². The number of halogens is 1. The molecule has 0 saturated carbocycles. The van der Waals surface area contributed by atoms with Gasteiger partial charge in [-0.3, -0.25) is 9.59 Å². The van der Waals surface area contributed by atoms with E-state index < -0.39 is 17.9 Å². The molecule has 28 heavy (non-hydrogen) atoms. The van der Waals surface area contributed by atoms with E-state index in [2.05, 4.69) is 27.9 Å². The molecule has 0 unspecified atom stereocenters. The van der Waals surface area contributed by atoms with Crippen LogP contribution in [-0.2, 0) is 16.0 Å². The number of hydrogen-bond donors (Lipinski definition) is 2. The Morgan fingerprint density at radius 1 is 0.893 bits per heavy atom. The van der Waals surface area contributed by atoms with Gasteiger partial charge in [-0.05, 0) is 62.5 Å². The van der Waals surface area contributed by atoms with Crippen LogP contribution in [-0.4, -0.2) is 17.9 Å². The molecule has 0 bridgehead atoms. The predicted molar refractivity (Wildman–Crippen MR) is 118 cm³/mol. The molecule has 0 aliphatic heterocycles. The maximum atomic E-state index is 13.2. The molecular weight excluding hydrogens is 463 g/mol. The zero-order valence-electron chi connectivity index (χ0n) is 15.1. The molecule has 5 heteroatoms. The second-order valence-electron chi connectivity index (χ2n) is 6.90. The minimum Gasteiger partial charge on any atom is -0.368 e. The second-order valence-corrected chi connectivity index (χ2v) is 8.15. The molecule has 0 radical (unpaired) electrons. The summed E-state index contributed by atoms with van der Waals surface area (Å²) in [4.78, 5) is 25.2. The van der Waals surface area contributed by atoms with Crippen molar-refractivity contribution in [2.24, 2.45) is 5.73 Å². The fourth-order valence-corrected chi connectivity index (χ4v) is 4.13. The van der Waals surface area contributed by atoms with Crippen molar-refractivity contribution in [3.8, 4) is 11.1 Å². The molecule has 0 saturated heterocycles. The predicted octanol–water partition coefficient (Wildman–Crippen LogP) is 3.62. The monoisotopic (exact) mass is 482 g/mol. The molecule has 0 aromatic heterocycles. The number of carbonyl (C=O) groups excluding carboxylic acids is 2. The summed E-state index contributed by atoms with van der Waals surface area (Å²) < 4.78 is 1.11. The van der Waals surface area contributed by atoms with Crippen LogP contribution in [0.3, 0.4) is 0 Å². The van der Waals surface area contributed by atoms with Gasteiger partial charge in [-0.15, -0.1) is 0 Å². The second kappa shape index (κ2) is 7.75. The zero-order valence-corrected chi connectivity index (χ0v) is 17.2. The summed E-state index contributed by atoms with van der Waals surface area (Å²) >= 11 is 2.23. The van der Waals surface area contributed by atoms with Gasteiger partial charge in [0.1, 0.15) is 6.04 Å². The van der Waals surface area contributed by atoms with Gasteiger partial charge in [0.05, 0.1) is 5.92 Å². The Morgan fingerprint density at radius 2 is 1.43 bits per heavy atom. The number of nitrogens with one attached hydrogen (secondary N) is 1. The molecule has 3 aromatic carbocycles. The first-order chi connectivity index (χ1) is 13.5. The Labute approximate surface area is 177 Å². The minimum absolute atomic E-state index is 0.202. The number of amides is 2. The van der Waals surface area contributed by atoms with E-state index in [9.17, 15) is 9.59 Å². The molecule has 0 spiro atoms. The van der Waals surface area contributed by atoms with Gasteiger partial charge in [0, 0.05) is 9.99 Å². The number of nitrogens with two attached hydrogens (primary N) is 1. The number of rotatable bonds is 5. The van der Waals surface area contributed by atoms with Crippen LogP contribution in [0.1, 0.15) is 22.6 Å². The Morgan fingerprint density at radius 3 is 1.96 bits per heavy atom.